The van der Waals surface area contributed by atoms with Gasteiger partial charge in [-0.05, 0) is 33.6 Å². The Hall–Kier alpha value is -0.490. The molecule has 2 heterocycles. The molecule has 2 fully saturated rings. The first-order chi connectivity index (χ1) is 9.99. The topological polar surface area (TPSA) is 31.4 Å². The van der Waals surface area contributed by atoms with E-state index in [0.717, 1.165) is 19.1 Å². The maximum absolute atomic E-state index is 4.77. The number of nitrogens with one attached hydrogen (secondary N) is 1. The number of piperazine rings is 1. The molecule has 1 saturated heterocycles. The summed E-state index contributed by atoms with van der Waals surface area (Å²) in [7, 11) is 0. The van der Waals surface area contributed by atoms with Crippen LogP contribution in [0.3, 0.4) is 0 Å². The van der Waals surface area contributed by atoms with Crippen molar-refractivity contribution in [2.45, 2.75) is 58.3 Å². The monoisotopic (exact) mass is 308 g/mol. The summed E-state index contributed by atoms with van der Waals surface area (Å²) in [6.45, 7) is 13.4. The number of nitrogens with zero attached hydrogens (tertiary/aromatic N) is 3. The van der Waals surface area contributed by atoms with Crippen LogP contribution in [-0.4, -0.2) is 52.5 Å². The van der Waals surface area contributed by atoms with E-state index in [-0.39, 0.29) is 5.54 Å². The van der Waals surface area contributed by atoms with Crippen molar-refractivity contribution < 1.29 is 0 Å². The fourth-order valence-electron chi connectivity index (χ4n) is 2.80. The van der Waals surface area contributed by atoms with Crippen molar-refractivity contribution in [2.24, 2.45) is 0 Å². The highest BCUT2D eigenvalue weighted by atomic mass is 32.1. The molecule has 118 valence electrons. The van der Waals surface area contributed by atoms with Gasteiger partial charge in [0.25, 0.3) is 0 Å². The molecule has 1 aromatic heterocycles. The van der Waals surface area contributed by atoms with E-state index in [9.17, 15) is 0 Å². The van der Waals surface area contributed by atoms with Gasteiger partial charge in [0.2, 0.25) is 0 Å². The van der Waals surface area contributed by atoms with Gasteiger partial charge in [-0.2, -0.15) is 0 Å². The highest BCUT2D eigenvalue weighted by Gasteiger charge is 2.31. The number of hydrogen-bond donors (Lipinski definition) is 1. The average molecular weight is 308 g/mol. The van der Waals surface area contributed by atoms with E-state index < -0.39 is 0 Å². The molecule has 0 aromatic carbocycles. The lowest BCUT2D eigenvalue weighted by Crippen LogP contribution is -2.46. The Kier molecular flexibility index (Phi) is 4.64. The smallest absolute Gasteiger partial charge is 0.107 e. The van der Waals surface area contributed by atoms with E-state index in [4.69, 9.17) is 4.98 Å². The van der Waals surface area contributed by atoms with Crippen LogP contribution in [0.5, 0.6) is 0 Å². The summed E-state index contributed by atoms with van der Waals surface area (Å²) in [5.74, 6) is 0. The standard InChI is InChI=1S/C16H28N4S/c1-16(2,3)17-10-15-18-13(12-21-15)11-19-6-8-20(9-7-19)14-4-5-14/h12,14,17H,4-11H2,1-3H3. The van der Waals surface area contributed by atoms with Gasteiger partial charge in [-0.15, -0.1) is 11.3 Å². The molecule has 0 bridgehead atoms. The fourth-order valence-corrected chi connectivity index (χ4v) is 3.52. The fraction of sp³-hybridized carbons (Fsp3) is 0.812. The second-order valence-electron chi connectivity index (χ2n) is 7.38. The zero-order valence-corrected chi connectivity index (χ0v) is 14.4. The van der Waals surface area contributed by atoms with Crippen molar-refractivity contribution in [3.63, 3.8) is 0 Å². The zero-order valence-electron chi connectivity index (χ0n) is 13.6. The molecule has 21 heavy (non-hydrogen) atoms. The molecular weight excluding hydrogens is 280 g/mol. The van der Waals surface area contributed by atoms with E-state index in [1.165, 1.54) is 49.7 Å². The molecule has 5 heteroatoms. The third-order valence-electron chi connectivity index (χ3n) is 4.23. The van der Waals surface area contributed by atoms with Gasteiger partial charge in [0, 0.05) is 56.2 Å². The molecule has 3 rings (SSSR count). The Morgan fingerprint density at radius 3 is 2.57 bits per heavy atom. The third kappa shape index (κ3) is 4.74. The first kappa shape index (κ1) is 15.4. The minimum absolute atomic E-state index is 0.158. The summed E-state index contributed by atoms with van der Waals surface area (Å²) < 4.78 is 0. The molecular formula is C16H28N4S. The van der Waals surface area contributed by atoms with Gasteiger partial charge in [-0.3, -0.25) is 9.80 Å². The summed E-state index contributed by atoms with van der Waals surface area (Å²) in [6.07, 6.45) is 2.85. The van der Waals surface area contributed by atoms with Gasteiger partial charge in [0.1, 0.15) is 5.01 Å². The second kappa shape index (κ2) is 6.32. The Labute approximate surface area is 132 Å². The Morgan fingerprint density at radius 1 is 1.24 bits per heavy atom. The molecule has 0 amide bonds. The maximum Gasteiger partial charge on any atom is 0.107 e. The predicted octanol–water partition coefficient (Wildman–Crippen LogP) is 2.31. The van der Waals surface area contributed by atoms with Crippen molar-refractivity contribution in [3.8, 4) is 0 Å². The number of thiazole rings is 1. The first-order valence-electron chi connectivity index (χ1n) is 8.14. The van der Waals surface area contributed by atoms with Gasteiger partial charge in [-0.25, -0.2) is 4.98 Å². The van der Waals surface area contributed by atoms with Gasteiger partial charge in [0.05, 0.1) is 5.69 Å². The highest BCUT2D eigenvalue weighted by Crippen LogP contribution is 2.27. The van der Waals surface area contributed by atoms with Gasteiger partial charge < -0.3 is 5.32 Å². The lowest BCUT2D eigenvalue weighted by molar-refractivity contribution is 0.120. The van der Waals surface area contributed by atoms with Crippen LogP contribution in [0.15, 0.2) is 5.38 Å². The van der Waals surface area contributed by atoms with Crippen LogP contribution in [0.4, 0.5) is 0 Å². The predicted molar refractivity (Wildman–Crippen MR) is 88.6 cm³/mol. The van der Waals surface area contributed by atoms with Crippen LogP contribution >= 0.6 is 11.3 Å². The summed E-state index contributed by atoms with van der Waals surface area (Å²) in [5.41, 5.74) is 1.40. The van der Waals surface area contributed by atoms with Crippen molar-refractivity contribution >= 4 is 11.3 Å². The van der Waals surface area contributed by atoms with Crippen LogP contribution in [0.1, 0.15) is 44.3 Å². The highest BCUT2D eigenvalue weighted by molar-refractivity contribution is 7.09. The molecule has 1 saturated carbocycles. The van der Waals surface area contributed by atoms with Crippen molar-refractivity contribution in [1.82, 2.24) is 20.1 Å². The molecule has 1 N–H and O–H groups in total. The maximum atomic E-state index is 4.77. The zero-order chi connectivity index (χ0) is 14.9. The third-order valence-corrected chi connectivity index (χ3v) is 5.12. The molecule has 0 unspecified atom stereocenters. The van der Waals surface area contributed by atoms with Crippen LogP contribution < -0.4 is 5.32 Å². The number of rotatable bonds is 5. The second-order valence-corrected chi connectivity index (χ2v) is 8.32. The van der Waals surface area contributed by atoms with E-state index >= 15 is 0 Å². The van der Waals surface area contributed by atoms with Crippen molar-refractivity contribution in [1.29, 1.82) is 0 Å². The minimum atomic E-state index is 0.158. The lowest BCUT2D eigenvalue weighted by Gasteiger charge is -2.34. The number of hydrogen-bond acceptors (Lipinski definition) is 5. The summed E-state index contributed by atoms with van der Waals surface area (Å²) >= 11 is 1.78. The molecule has 1 aliphatic heterocycles. The van der Waals surface area contributed by atoms with E-state index in [1.807, 2.05) is 0 Å². The van der Waals surface area contributed by atoms with Crippen LogP contribution in [0, 0.1) is 0 Å². The molecule has 0 spiro atoms. The normalized spacial score (nSPS) is 21.9. The Balaban J connectivity index is 1.44. The molecule has 4 nitrogen and oxygen atoms in total. The molecule has 2 aliphatic rings. The average Bonchev–Trinajstić information content (AvgIpc) is 3.18. The van der Waals surface area contributed by atoms with E-state index in [1.54, 1.807) is 11.3 Å². The Morgan fingerprint density at radius 2 is 1.95 bits per heavy atom. The quantitative estimate of drug-likeness (QED) is 0.904. The van der Waals surface area contributed by atoms with Crippen LogP contribution in [0.25, 0.3) is 0 Å². The number of aromatic nitrogens is 1. The van der Waals surface area contributed by atoms with Crippen LogP contribution in [0.2, 0.25) is 0 Å². The molecule has 1 aliphatic carbocycles. The van der Waals surface area contributed by atoms with Gasteiger partial charge >= 0.3 is 0 Å². The molecule has 1 aromatic rings. The van der Waals surface area contributed by atoms with Crippen LogP contribution in [-0.2, 0) is 13.1 Å². The Bertz CT molecular complexity index is 453. The van der Waals surface area contributed by atoms with E-state index in [0.29, 0.717) is 0 Å². The SMILES string of the molecule is CC(C)(C)NCc1nc(CN2CCN(C3CC3)CC2)cs1. The first-order valence-corrected chi connectivity index (χ1v) is 9.02. The summed E-state index contributed by atoms with van der Waals surface area (Å²) in [6, 6.07) is 0.918. The minimum Gasteiger partial charge on any atom is -0.306 e. The summed E-state index contributed by atoms with van der Waals surface area (Å²) in [5, 5.41) is 6.94. The molecule has 0 atom stereocenters. The van der Waals surface area contributed by atoms with E-state index in [2.05, 4.69) is 41.3 Å². The molecule has 0 radical (unpaired) electrons. The lowest BCUT2D eigenvalue weighted by atomic mass is 10.1. The van der Waals surface area contributed by atoms with Crippen molar-refractivity contribution in [3.05, 3.63) is 16.1 Å². The van der Waals surface area contributed by atoms with Gasteiger partial charge in [-0.1, -0.05) is 0 Å². The summed E-state index contributed by atoms with van der Waals surface area (Å²) in [4.78, 5) is 9.99. The van der Waals surface area contributed by atoms with Crippen molar-refractivity contribution in [2.75, 3.05) is 26.2 Å². The van der Waals surface area contributed by atoms with Gasteiger partial charge in [0.15, 0.2) is 0 Å². The largest absolute Gasteiger partial charge is 0.306 e.